The Labute approximate surface area is 145 Å². The molecule has 26 heavy (non-hydrogen) atoms. The number of carbonyl (C=O) groups is 4. The van der Waals surface area contributed by atoms with Gasteiger partial charge in [-0.3, -0.25) is 0 Å². The summed E-state index contributed by atoms with van der Waals surface area (Å²) in [5.74, 6) is -7.21. The number of rotatable bonds is 5. The molecule has 1 aromatic rings. The maximum absolute atomic E-state index is 11.6. The predicted octanol–water partition coefficient (Wildman–Crippen LogP) is -0.184. The van der Waals surface area contributed by atoms with Crippen molar-refractivity contribution in [2.24, 2.45) is 11.5 Å². The molecule has 0 heterocycles. The molecule has 0 saturated carbocycles. The largest absolute Gasteiger partial charge is 0.478 e. The van der Waals surface area contributed by atoms with E-state index in [-0.39, 0.29) is 16.7 Å². The van der Waals surface area contributed by atoms with Crippen molar-refractivity contribution in [1.82, 2.24) is 0 Å². The van der Waals surface area contributed by atoms with Crippen LogP contribution in [0.1, 0.15) is 32.2 Å². The average Bonchev–Trinajstić information content (AvgIpc) is 2.52. The Morgan fingerprint density at radius 1 is 0.885 bits per heavy atom. The van der Waals surface area contributed by atoms with Crippen molar-refractivity contribution in [3.63, 3.8) is 0 Å². The van der Waals surface area contributed by atoms with Gasteiger partial charge in [0.25, 0.3) is 0 Å². The van der Waals surface area contributed by atoms with Crippen molar-refractivity contribution >= 4 is 23.9 Å². The van der Waals surface area contributed by atoms with Gasteiger partial charge in [0.2, 0.25) is 0 Å². The fourth-order valence-corrected chi connectivity index (χ4v) is 2.68. The molecule has 1 unspecified atom stereocenters. The molecule has 0 fully saturated rings. The second-order valence-electron chi connectivity index (χ2n) is 5.61. The van der Waals surface area contributed by atoms with Crippen molar-refractivity contribution < 1.29 is 39.6 Å². The van der Waals surface area contributed by atoms with Crippen molar-refractivity contribution in [2.75, 3.05) is 0 Å². The Kier molecular flexibility index (Phi) is 4.65. The molecule has 2 rings (SSSR count). The molecule has 1 aliphatic carbocycles. The lowest BCUT2D eigenvalue weighted by Gasteiger charge is -2.30. The summed E-state index contributed by atoms with van der Waals surface area (Å²) in [5, 5.41) is 37.1. The van der Waals surface area contributed by atoms with Crippen LogP contribution in [0, 0.1) is 0 Å². The first-order valence-electron chi connectivity index (χ1n) is 7.05. The summed E-state index contributed by atoms with van der Waals surface area (Å²) in [5.41, 5.74) is 7.30. The Morgan fingerprint density at radius 3 is 1.96 bits per heavy atom. The van der Waals surface area contributed by atoms with E-state index < -0.39 is 46.6 Å². The van der Waals surface area contributed by atoms with Gasteiger partial charge < -0.3 is 31.9 Å². The van der Waals surface area contributed by atoms with Gasteiger partial charge in [0.15, 0.2) is 0 Å². The van der Waals surface area contributed by atoms with Crippen molar-refractivity contribution in [1.29, 1.82) is 0 Å². The molecule has 0 aromatic heterocycles. The van der Waals surface area contributed by atoms with Gasteiger partial charge in [0.1, 0.15) is 5.66 Å². The van der Waals surface area contributed by atoms with E-state index >= 15 is 0 Å². The summed E-state index contributed by atoms with van der Waals surface area (Å²) in [4.78, 5) is 45.6. The van der Waals surface area contributed by atoms with Crippen LogP contribution in [-0.2, 0) is 9.59 Å². The zero-order chi connectivity index (χ0) is 19.8. The molecular weight excluding hydrogens is 348 g/mol. The second kappa shape index (κ2) is 6.43. The molecule has 0 aliphatic heterocycles. The molecule has 1 aliphatic rings. The molecule has 0 spiro atoms. The average molecular weight is 362 g/mol. The number of benzene rings is 1. The molecule has 136 valence electrons. The van der Waals surface area contributed by atoms with E-state index in [1.807, 2.05) is 0 Å². The number of aromatic carboxylic acids is 2. The van der Waals surface area contributed by atoms with Gasteiger partial charge in [-0.2, -0.15) is 0 Å². The monoisotopic (exact) mass is 362 g/mol. The summed E-state index contributed by atoms with van der Waals surface area (Å²) in [6, 6.07) is 3.02. The minimum Gasteiger partial charge on any atom is -0.478 e. The second-order valence-corrected chi connectivity index (χ2v) is 5.61. The third-order valence-electron chi connectivity index (χ3n) is 3.87. The lowest BCUT2D eigenvalue weighted by atomic mass is 9.78. The maximum atomic E-state index is 11.6. The Balaban J connectivity index is 2.80. The van der Waals surface area contributed by atoms with Crippen LogP contribution in [-0.4, -0.2) is 50.0 Å². The predicted molar refractivity (Wildman–Crippen MR) is 85.6 cm³/mol. The molecule has 1 aromatic carbocycles. The number of nitrogens with two attached hydrogens (primary N) is 2. The summed E-state index contributed by atoms with van der Waals surface area (Å²) in [6.07, 6.45) is 1.72. The Hall–Kier alpha value is -3.50. The third kappa shape index (κ3) is 3.31. The fourth-order valence-electron chi connectivity index (χ4n) is 2.68. The number of carboxylic acid groups (broad SMARTS) is 4. The molecule has 1 atom stereocenters. The van der Waals surface area contributed by atoms with Gasteiger partial charge in [-0.15, -0.1) is 0 Å². The normalized spacial score (nSPS) is 18.5. The highest BCUT2D eigenvalue weighted by molar-refractivity contribution is 5.98. The van der Waals surface area contributed by atoms with Gasteiger partial charge in [0, 0.05) is 11.5 Å². The molecule has 10 nitrogen and oxygen atoms in total. The van der Waals surface area contributed by atoms with Gasteiger partial charge >= 0.3 is 23.9 Å². The highest BCUT2D eigenvalue weighted by atomic mass is 16.4. The molecule has 8 N–H and O–H groups in total. The Bertz CT molecular complexity index is 898. The Morgan fingerprint density at radius 2 is 1.50 bits per heavy atom. The lowest BCUT2D eigenvalue weighted by Crippen LogP contribution is -2.53. The molecule has 0 bridgehead atoms. The van der Waals surface area contributed by atoms with Crippen molar-refractivity contribution in [3.8, 4) is 0 Å². The highest BCUT2D eigenvalue weighted by Crippen LogP contribution is 2.36. The van der Waals surface area contributed by atoms with Gasteiger partial charge in [0.05, 0.1) is 16.7 Å². The first-order valence-corrected chi connectivity index (χ1v) is 7.05. The zero-order valence-corrected chi connectivity index (χ0v) is 13.0. The molecule has 0 amide bonds. The summed E-state index contributed by atoms with van der Waals surface area (Å²) < 4.78 is 0. The van der Waals surface area contributed by atoms with Gasteiger partial charge in [-0.05, 0) is 29.8 Å². The standard InChI is InChI=1S/C16H14N2O8/c17-16(18)5-10(14(23)24)9(4-11(16)15(25)26)8-3-6(12(19)20)1-2-7(8)13(21)22/h1-5,9H,17-18H2,(H,19,20)(H,21,22)(H,23,24)(H,25,26). The number of aliphatic carboxylic acids is 2. The van der Waals surface area contributed by atoms with Crippen LogP contribution in [0.15, 0.2) is 41.5 Å². The fraction of sp³-hybridized carbons (Fsp3) is 0.125. The quantitative estimate of drug-likeness (QED) is 0.381. The van der Waals surface area contributed by atoms with E-state index in [1.165, 1.54) is 0 Å². The van der Waals surface area contributed by atoms with Crippen LogP contribution in [0.5, 0.6) is 0 Å². The number of hydrogen-bond acceptors (Lipinski definition) is 6. The van der Waals surface area contributed by atoms with Crippen molar-refractivity contribution in [2.45, 2.75) is 11.6 Å². The zero-order valence-electron chi connectivity index (χ0n) is 13.0. The topological polar surface area (TPSA) is 201 Å². The first kappa shape index (κ1) is 18.8. The smallest absolute Gasteiger partial charge is 0.335 e. The minimum atomic E-state index is -2.09. The van der Waals surface area contributed by atoms with Gasteiger partial charge in [-0.1, -0.05) is 6.08 Å². The van der Waals surface area contributed by atoms with Crippen molar-refractivity contribution in [3.05, 3.63) is 58.2 Å². The van der Waals surface area contributed by atoms with Gasteiger partial charge in [-0.25, -0.2) is 19.2 Å². The molecule has 10 heteroatoms. The molecule has 0 radical (unpaired) electrons. The van der Waals surface area contributed by atoms with E-state index in [2.05, 4.69) is 0 Å². The molecular formula is C16H14N2O8. The van der Waals surface area contributed by atoms with E-state index in [9.17, 15) is 34.5 Å². The molecule has 0 saturated heterocycles. The summed E-state index contributed by atoms with van der Waals surface area (Å²) in [6.45, 7) is 0. The minimum absolute atomic E-state index is 0.208. The third-order valence-corrected chi connectivity index (χ3v) is 3.87. The van der Waals surface area contributed by atoms with Crippen LogP contribution in [0.2, 0.25) is 0 Å². The van der Waals surface area contributed by atoms with Crippen LogP contribution in [0.25, 0.3) is 0 Å². The highest BCUT2D eigenvalue weighted by Gasteiger charge is 2.38. The maximum Gasteiger partial charge on any atom is 0.335 e. The van der Waals surface area contributed by atoms with E-state index in [0.29, 0.717) is 0 Å². The number of allylic oxidation sites excluding steroid dienone is 1. The van der Waals surface area contributed by atoms with Crippen LogP contribution < -0.4 is 11.5 Å². The SMILES string of the molecule is NC1(N)C=C(C(=O)O)C(c2cc(C(=O)O)ccc2C(=O)O)C=C1C(=O)O. The van der Waals surface area contributed by atoms with Crippen LogP contribution >= 0.6 is 0 Å². The van der Waals surface area contributed by atoms with E-state index in [0.717, 1.165) is 30.4 Å². The van der Waals surface area contributed by atoms with Crippen LogP contribution in [0.4, 0.5) is 0 Å². The summed E-state index contributed by atoms with van der Waals surface area (Å²) in [7, 11) is 0. The number of hydrogen-bond donors (Lipinski definition) is 6. The first-order chi connectivity index (χ1) is 12.0. The van der Waals surface area contributed by atoms with Crippen LogP contribution in [0.3, 0.4) is 0 Å². The number of carboxylic acids is 4. The van der Waals surface area contributed by atoms with E-state index in [1.54, 1.807) is 0 Å². The van der Waals surface area contributed by atoms with E-state index in [4.69, 9.17) is 16.6 Å². The summed E-state index contributed by atoms with van der Waals surface area (Å²) >= 11 is 0. The lowest BCUT2D eigenvalue weighted by molar-refractivity contribution is -0.134.